The molecule has 1 heterocycles. The minimum Gasteiger partial charge on any atom is -0.380 e. The van der Waals surface area contributed by atoms with E-state index in [0.29, 0.717) is 6.54 Å². The Morgan fingerprint density at radius 2 is 2.05 bits per heavy atom. The summed E-state index contributed by atoms with van der Waals surface area (Å²) in [5.74, 6) is -0.0407. The van der Waals surface area contributed by atoms with Gasteiger partial charge in [-0.05, 0) is 30.2 Å². The highest BCUT2D eigenvalue weighted by Gasteiger charge is 2.18. The smallest absolute Gasteiger partial charge is 0.123 e. The van der Waals surface area contributed by atoms with Crippen molar-refractivity contribution in [3.05, 3.63) is 59.2 Å². The van der Waals surface area contributed by atoms with Gasteiger partial charge in [-0.1, -0.05) is 37.9 Å². The van der Waals surface area contributed by atoms with Gasteiger partial charge in [0, 0.05) is 23.5 Å². The first kappa shape index (κ1) is 14.6. The molecule has 1 aromatic rings. The third-order valence-corrected chi connectivity index (χ3v) is 3.95. The monoisotopic (exact) mass is 288 g/mol. The molecule has 1 aromatic carbocycles. The molecule has 1 aliphatic heterocycles. The Bertz CT molecular complexity index is 599. The maximum absolute atomic E-state index is 12.8. The molecule has 0 aromatic heterocycles. The molecule has 2 rings (SSSR count). The van der Waals surface area contributed by atoms with Crippen LogP contribution in [0.1, 0.15) is 19.4 Å². The van der Waals surface area contributed by atoms with Crippen LogP contribution in [0.3, 0.4) is 0 Å². The number of thiocarbonyl (C=S) groups is 1. The van der Waals surface area contributed by atoms with E-state index in [4.69, 9.17) is 12.2 Å². The predicted octanol–water partition coefficient (Wildman–Crippen LogP) is 3.79. The summed E-state index contributed by atoms with van der Waals surface area (Å²) in [6.07, 6.45) is 1.84. The number of hydrogen-bond donors (Lipinski definition) is 1. The van der Waals surface area contributed by atoms with E-state index in [1.807, 2.05) is 20.1 Å². The lowest BCUT2D eigenvalue weighted by Crippen LogP contribution is -2.21. The fourth-order valence-corrected chi connectivity index (χ4v) is 2.17. The van der Waals surface area contributed by atoms with Crippen molar-refractivity contribution in [1.29, 1.82) is 0 Å². The summed E-state index contributed by atoms with van der Waals surface area (Å²) in [5.41, 5.74) is 3.51. The first-order valence-corrected chi connectivity index (χ1v) is 6.86. The maximum atomic E-state index is 12.8. The number of benzene rings is 1. The Hall–Kier alpha value is -1.81. The van der Waals surface area contributed by atoms with Gasteiger partial charge in [-0.25, -0.2) is 4.39 Å². The van der Waals surface area contributed by atoms with Gasteiger partial charge in [0.15, 0.2) is 0 Å². The molecule has 0 aliphatic carbocycles. The summed E-state index contributed by atoms with van der Waals surface area (Å²) in [6.45, 7) is 8.58. The van der Waals surface area contributed by atoms with E-state index in [-0.39, 0.29) is 11.7 Å². The van der Waals surface area contributed by atoms with E-state index in [9.17, 15) is 4.39 Å². The maximum Gasteiger partial charge on any atom is 0.123 e. The Morgan fingerprint density at radius 3 is 2.70 bits per heavy atom. The van der Waals surface area contributed by atoms with E-state index >= 15 is 0 Å². The second-order valence-electron chi connectivity index (χ2n) is 4.86. The van der Waals surface area contributed by atoms with Crippen molar-refractivity contribution in [1.82, 2.24) is 5.32 Å². The van der Waals surface area contributed by atoms with Crippen LogP contribution in [0.4, 0.5) is 4.39 Å². The second-order valence-corrected chi connectivity index (χ2v) is 5.30. The van der Waals surface area contributed by atoms with E-state index in [0.717, 1.165) is 27.4 Å². The van der Waals surface area contributed by atoms with Crippen LogP contribution in [0.15, 0.2) is 52.8 Å². The van der Waals surface area contributed by atoms with Crippen LogP contribution < -0.4 is 5.32 Å². The molecule has 0 amide bonds. The number of halogens is 1. The Labute approximate surface area is 124 Å². The van der Waals surface area contributed by atoms with Gasteiger partial charge in [-0.2, -0.15) is 0 Å². The molecule has 0 saturated carbocycles. The predicted molar refractivity (Wildman–Crippen MR) is 85.3 cm³/mol. The molecule has 1 atom stereocenters. The number of rotatable bonds is 4. The van der Waals surface area contributed by atoms with Crippen molar-refractivity contribution in [2.24, 2.45) is 10.9 Å². The van der Waals surface area contributed by atoms with Crippen molar-refractivity contribution < 1.29 is 4.39 Å². The van der Waals surface area contributed by atoms with Gasteiger partial charge in [-0.15, -0.1) is 0 Å². The van der Waals surface area contributed by atoms with Crippen LogP contribution in [0, 0.1) is 11.7 Å². The van der Waals surface area contributed by atoms with Crippen LogP contribution in [0.25, 0.3) is 0 Å². The fraction of sp³-hybridized carbons (Fsp3) is 0.250. The van der Waals surface area contributed by atoms with Crippen LogP contribution in [-0.2, 0) is 6.54 Å². The Balaban J connectivity index is 2.04. The molecule has 20 heavy (non-hydrogen) atoms. The molecule has 4 heteroatoms. The first-order valence-electron chi connectivity index (χ1n) is 6.46. The molecule has 2 nitrogen and oxygen atoms in total. The second kappa shape index (κ2) is 6.09. The molecular weight excluding hydrogens is 271 g/mol. The van der Waals surface area contributed by atoms with Crippen LogP contribution in [0.5, 0.6) is 0 Å². The normalized spacial score (nSPS) is 18.4. The van der Waals surface area contributed by atoms with Gasteiger partial charge in [0.05, 0.1) is 11.4 Å². The summed E-state index contributed by atoms with van der Waals surface area (Å²) < 4.78 is 12.8. The topological polar surface area (TPSA) is 24.4 Å². The van der Waals surface area contributed by atoms with Crippen molar-refractivity contribution in [2.75, 3.05) is 0 Å². The van der Waals surface area contributed by atoms with Crippen molar-refractivity contribution in [3.8, 4) is 0 Å². The third kappa shape index (κ3) is 3.20. The summed E-state index contributed by atoms with van der Waals surface area (Å²) in [4.78, 5) is 5.32. The van der Waals surface area contributed by atoms with Gasteiger partial charge >= 0.3 is 0 Å². The van der Waals surface area contributed by atoms with Gasteiger partial charge in [0.2, 0.25) is 0 Å². The Kier molecular flexibility index (Phi) is 4.45. The highest BCUT2D eigenvalue weighted by Crippen LogP contribution is 2.22. The molecule has 1 N–H and O–H groups in total. The lowest BCUT2D eigenvalue weighted by atomic mass is 9.98. The number of allylic oxidation sites excluding steroid dienone is 1. The molecule has 0 saturated heterocycles. The first-order chi connectivity index (χ1) is 9.49. The molecule has 1 unspecified atom stereocenters. The molecular formula is C16H17FN2S. The average Bonchev–Trinajstić information content (AvgIpc) is 2.44. The lowest BCUT2D eigenvalue weighted by molar-refractivity contribution is 0.626. The molecule has 0 fully saturated rings. The zero-order chi connectivity index (χ0) is 14.7. The van der Waals surface area contributed by atoms with Crippen LogP contribution in [0.2, 0.25) is 0 Å². The van der Waals surface area contributed by atoms with E-state index in [1.165, 1.54) is 12.1 Å². The van der Waals surface area contributed by atoms with Gasteiger partial charge in [0.1, 0.15) is 5.82 Å². The van der Waals surface area contributed by atoms with Crippen LogP contribution >= 0.6 is 12.2 Å². The number of nitrogens with zero attached hydrogens (tertiary/aromatic N) is 1. The van der Waals surface area contributed by atoms with Crippen molar-refractivity contribution >= 4 is 23.3 Å². The van der Waals surface area contributed by atoms with E-state index in [1.54, 1.807) is 12.1 Å². The SMILES string of the molecule is C=C(NCc1ccc(F)cc1)C1=C(C)C(=S)C(C)C=N1. The van der Waals surface area contributed by atoms with Gasteiger partial charge in [-0.3, -0.25) is 4.99 Å². The highest BCUT2D eigenvalue weighted by atomic mass is 32.1. The zero-order valence-corrected chi connectivity index (χ0v) is 12.4. The summed E-state index contributed by atoms with van der Waals surface area (Å²) in [7, 11) is 0. The quantitative estimate of drug-likeness (QED) is 0.852. The van der Waals surface area contributed by atoms with Crippen molar-refractivity contribution in [2.45, 2.75) is 20.4 Å². The van der Waals surface area contributed by atoms with E-state index in [2.05, 4.69) is 16.9 Å². The molecule has 104 valence electrons. The Morgan fingerprint density at radius 1 is 1.40 bits per heavy atom. The summed E-state index contributed by atoms with van der Waals surface area (Å²) in [5, 5.41) is 3.21. The van der Waals surface area contributed by atoms with Gasteiger partial charge in [0.25, 0.3) is 0 Å². The molecule has 0 bridgehead atoms. The van der Waals surface area contributed by atoms with Gasteiger partial charge < -0.3 is 5.32 Å². The van der Waals surface area contributed by atoms with Crippen molar-refractivity contribution in [3.63, 3.8) is 0 Å². The average molecular weight is 288 g/mol. The number of aliphatic imine (C=N–C) groups is 1. The fourth-order valence-electron chi connectivity index (χ4n) is 2.01. The standard InChI is InChI=1S/C16H17FN2S/c1-10-8-19-15(11(2)16(10)20)12(3)18-9-13-4-6-14(17)7-5-13/h4-8,10,18H,3,9H2,1-2H3. The minimum atomic E-state index is -0.234. The number of hydrogen-bond acceptors (Lipinski definition) is 3. The number of nitrogens with one attached hydrogen (secondary N) is 1. The molecule has 1 aliphatic rings. The van der Waals surface area contributed by atoms with E-state index < -0.39 is 0 Å². The zero-order valence-electron chi connectivity index (χ0n) is 11.6. The molecule has 0 spiro atoms. The summed E-state index contributed by atoms with van der Waals surface area (Å²) in [6, 6.07) is 6.38. The van der Waals surface area contributed by atoms with Crippen LogP contribution in [-0.4, -0.2) is 11.1 Å². The minimum absolute atomic E-state index is 0.193. The third-order valence-electron chi connectivity index (χ3n) is 3.27. The lowest BCUT2D eigenvalue weighted by Gasteiger charge is -2.20. The summed E-state index contributed by atoms with van der Waals surface area (Å²) >= 11 is 5.38. The highest BCUT2D eigenvalue weighted by molar-refractivity contribution is 7.81. The molecule has 0 radical (unpaired) electrons. The largest absolute Gasteiger partial charge is 0.380 e.